The molecule has 1 aliphatic carbocycles. The van der Waals surface area contributed by atoms with Crippen LogP contribution in [0.15, 0.2) is 47.4 Å². The van der Waals surface area contributed by atoms with Crippen LogP contribution >= 0.6 is 0 Å². The van der Waals surface area contributed by atoms with Gasteiger partial charge in [0.05, 0.1) is 16.9 Å². The molecule has 2 amide bonds. The summed E-state index contributed by atoms with van der Waals surface area (Å²) in [6, 6.07) is 9.10. The van der Waals surface area contributed by atoms with E-state index < -0.39 is 26.7 Å². The monoisotopic (exact) mass is 463 g/mol. The molecule has 1 aliphatic rings. The highest BCUT2D eigenvalue weighted by atomic mass is 32.2. The predicted molar refractivity (Wildman–Crippen MR) is 119 cm³/mol. The van der Waals surface area contributed by atoms with Crippen LogP contribution in [0.1, 0.15) is 32.1 Å². The molecule has 1 fully saturated rings. The lowest BCUT2D eigenvalue weighted by Gasteiger charge is -2.23. The highest BCUT2D eigenvalue weighted by Gasteiger charge is 2.22. The molecule has 0 aliphatic heterocycles. The second-order valence-corrected chi connectivity index (χ2v) is 9.01. The lowest BCUT2D eigenvalue weighted by molar-refractivity contribution is -0.384. The molecule has 32 heavy (non-hydrogen) atoms. The number of rotatable bonds is 8. The van der Waals surface area contributed by atoms with Crippen molar-refractivity contribution in [1.82, 2.24) is 10.7 Å². The number of hydrogen-bond donors (Lipinski definition) is 4. The summed E-state index contributed by atoms with van der Waals surface area (Å²) in [5, 5.41) is 14.3. The van der Waals surface area contributed by atoms with Gasteiger partial charge in [-0.2, -0.15) is 0 Å². The summed E-state index contributed by atoms with van der Waals surface area (Å²) < 4.78 is 32.7. The lowest BCUT2D eigenvalue weighted by atomic mass is 9.96. The molecule has 3 rings (SSSR count). The van der Waals surface area contributed by atoms with Crippen LogP contribution in [0, 0.1) is 10.1 Å². The van der Waals surface area contributed by atoms with Crippen molar-refractivity contribution in [2.24, 2.45) is 0 Å². The quantitative estimate of drug-likeness (QED) is 0.346. The van der Waals surface area contributed by atoms with E-state index in [1.807, 2.05) is 0 Å². The number of nitro groups is 1. The van der Waals surface area contributed by atoms with Crippen LogP contribution < -0.4 is 25.6 Å². The number of nitro benzene ring substituents is 1. The van der Waals surface area contributed by atoms with Gasteiger partial charge in [-0.15, -0.1) is 0 Å². The third-order valence-electron chi connectivity index (χ3n) is 5.07. The molecule has 0 aromatic heterocycles. The Hall–Kier alpha value is -3.54. The first-order valence-corrected chi connectivity index (χ1v) is 11.5. The van der Waals surface area contributed by atoms with Gasteiger partial charge in [-0.25, -0.2) is 13.2 Å². The van der Waals surface area contributed by atoms with Crippen molar-refractivity contribution in [3.63, 3.8) is 0 Å². The molecule has 0 bridgehead atoms. The zero-order valence-corrected chi connectivity index (χ0v) is 18.3. The molecule has 11 nitrogen and oxygen atoms in total. The predicted octanol–water partition coefficient (Wildman–Crippen LogP) is 3.36. The topological polar surface area (TPSA) is 152 Å². The van der Waals surface area contributed by atoms with Gasteiger partial charge < -0.3 is 10.1 Å². The zero-order valence-electron chi connectivity index (χ0n) is 17.5. The van der Waals surface area contributed by atoms with Gasteiger partial charge in [0.1, 0.15) is 11.4 Å². The first-order valence-electron chi connectivity index (χ1n) is 10.1. The summed E-state index contributed by atoms with van der Waals surface area (Å²) in [6.07, 6.45) is 5.02. The van der Waals surface area contributed by atoms with E-state index in [-0.39, 0.29) is 22.3 Å². The third kappa shape index (κ3) is 6.00. The molecule has 0 spiro atoms. The summed E-state index contributed by atoms with van der Waals surface area (Å²) in [5.74, 6) is 0.555. The Morgan fingerprint density at radius 3 is 2.41 bits per heavy atom. The SMILES string of the molecule is COc1ccc(NS(=O)(=O)c2ccc(NNC(=O)NC3CCCCC3)c([N+](=O)[O-])c2)cc1. The Labute approximate surface area is 185 Å². The van der Waals surface area contributed by atoms with Crippen LogP contribution in [0.4, 0.5) is 21.9 Å². The van der Waals surface area contributed by atoms with Gasteiger partial charge in [-0.1, -0.05) is 19.3 Å². The van der Waals surface area contributed by atoms with Gasteiger partial charge in [-0.05, 0) is 49.2 Å². The number of nitrogens with one attached hydrogen (secondary N) is 4. The minimum atomic E-state index is -4.08. The van der Waals surface area contributed by atoms with E-state index in [1.165, 1.54) is 31.4 Å². The smallest absolute Gasteiger partial charge is 0.333 e. The Balaban J connectivity index is 1.70. The number of hydrazine groups is 1. The van der Waals surface area contributed by atoms with Crippen molar-refractivity contribution < 1.29 is 22.9 Å². The van der Waals surface area contributed by atoms with E-state index in [9.17, 15) is 23.3 Å². The van der Waals surface area contributed by atoms with Crippen LogP contribution in [-0.4, -0.2) is 32.5 Å². The summed E-state index contributed by atoms with van der Waals surface area (Å²) in [4.78, 5) is 22.5. The van der Waals surface area contributed by atoms with E-state index in [0.29, 0.717) is 5.75 Å². The van der Waals surface area contributed by atoms with E-state index in [0.717, 1.165) is 38.2 Å². The zero-order chi connectivity index (χ0) is 23.1. The van der Waals surface area contributed by atoms with Crippen LogP contribution in [-0.2, 0) is 10.0 Å². The second kappa shape index (κ2) is 10.2. The second-order valence-electron chi connectivity index (χ2n) is 7.33. The molecule has 1 saturated carbocycles. The maximum atomic E-state index is 12.7. The third-order valence-corrected chi connectivity index (χ3v) is 6.45. The van der Waals surface area contributed by atoms with E-state index in [1.54, 1.807) is 12.1 Å². The van der Waals surface area contributed by atoms with Gasteiger partial charge in [-0.3, -0.25) is 25.7 Å². The minimum absolute atomic E-state index is 0.0443. The molecular weight excluding hydrogens is 438 g/mol. The van der Waals surface area contributed by atoms with E-state index in [2.05, 4.69) is 20.9 Å². The molecule has 172 valence electrons. The summed E-state index contributed by atoms with van der Waals surface area (Å²) in [5.41, 5.74) is 4.59. The molecule has 0 atom stereocenters. The molecular formula is C20H25N5O6S. The van der Waals surface area contributed by atoms with Crippen molar-refractivity contribution in [3.8, 4) is 5.75 Å². The van der Waals surface area contributed by atoms with Crippen molar-refractivity contribution in [1.29, 1.82) is 0 Å². The number of amides is 2. The maximum absolute atomic E-state index is 12.7. The standard InChI is InChI=1S/C20H25N5O6S/c1-31-16-9-7-15(8-10-16)24-32(29,30)17-11-12-18(19(13-17)25(27)28)22-23-20(26)21-14-5-3-2-4-6-14/h7-14,22,24H,2-6H2,1H3,(H2,21,23,26). The Bertz CT molecular complexity index is 1070. The van der Waals surface area contributed by atoms with E-state index in [4.69, 9.17) is 4.74 Å². The number of urea groups is 1. The number of carbonyl (C=O) groups is 1. The van der Waals surface area contributed by atoms with Crippen molar-refractivity contribution >= 4 is 33.1 Å². The van der Waals surface area contributed by atoms with Gasteiger partial charge in [0.15, 0.2) is 0 Å². The Kier molecular flexibility index (Phi) is 7.36. The van der Waals surface area contributed by atoms with Crippen LogP contribution in [0.25, 0.3) is 0 Å². The number of sulfonamides is 1. The maximum Gasteiger partial charge on any atom is 0.333 e. The number of hydrogen-bond acceptors (Lipinski definition) is 7. The number of nitrogens with zero attached hydrogens (tertiary/aromatic N) is 1. The van der Waals surface area contributed by atoms with E-state index >= 15 is 0 Å². The summed E-state index contributed by atoms with van der Waals surface area (Å²) in [6.45, 7) is 0. The molecule has 0 radical (unpaired) electrons. The fraction of sp³-hybridized carbons (Fsp3) is 0.350. The average molecular weight is 464 g/mol. The van der Waals surface area contributed by atoms with Crippen molar-refractivity contribution in [2.75, 3.05) is 17.3 Å². The number of ether oxygens (including phenoxy) is 1. The number of methoxy groups -OCH3 is 1. The number of benzene rings is 2. The van der Waals surface area contributed by atoms with Crippen LogP contribution in [0.2, 0.25) is 0 Å². The van der Waals surface area contributed by atoms with Crippen molar-refractivity contribution in [2.45, 2.75) is 43.0 Å². The van der Waals surface area contributed by atoms with Crippen LogP contribution in [0.5, 0.6) is 5.75 Å². The normalized spacial score (nSPS) is 14.3. The van der Waals surface area contributed by atoms with Crippen molar-refractivity contribution in [3.05, 3.63) is 52.6 Å². The lowest BCUT2D eigenvalue weighted by Crippen LogP contribution is -2.45. The molecule has 4 N–H and O–H groups in total. The number of carbonyl (C=O) groups excluding carboxylic acids is 1. The first-order chi connectivity index (χ1) is 15.3. The molecule has 2 aromatic carbocycles. The largest absolute Gasteiger partial charge is 0.497 e. The molecule has 2 aromatic rings. The van der Waals surface area contributed by atoms with Crippen LogP contribution in [0.3, 0.4) is 0 Å². The molecule has 0 saturated heterocycles. The summed E-state index contributed by atoms with van der Waals surface area (Å²) in [7, 11) is -2.59. The highest BCUT2D eigenvalue weighted by Crippen LogP contribution is 2.28. The number of anilines is 2. The highest BCUT2D eigenvalue weighted by molar-refractivity contribution is 7.92. The van der Waals surface area contributed by atoms with Gasteiger partial charge in [0, 0.05) is 17.8 Å². The van der Waals surface area contributed by atoms with Gasteiger partial charge >= 0.3 is 6.03 Å². The Morgan fingerprint density at radius 1 is 1.09 bits per heavy atom. The summed E-state index contributed by atoms with van der Waals surface area (Å²) >= 11 is 0. The molecule has 0 unspecified atom stereocenters. The molecule has 12 heteroatoms. The fourth-order valence-corrected chi connectivity index (χ4v) is 4.48. The fourth-order valence-electron chi connectivity index (χ4n) is 3.40. The average Bonchev–Trinajstić information content (AvgIpc) is 2.78. The Morgan fingerprint density at radius 2 is 1.78 bits per heavy atom. The van der Waals surface area contributed by atoms with Gasteiger partial charge in [0.2, 0.25) is 0 Å². The molecule has 0 heterocycles. The first kappa shape index (κ1) is 23.1. The van der Waals surface area contributed by atoms with Gasteiger partial charge in [0.25, 0.3) is 15.7 Å². The minimum Gasteiger partial charge on any atom is -0.497 e.